The maximum Gasteiger partial charge on any atom is 0.271 e. The lowest BCUT2D eigenvalue weighted by Gasteiger charge is -2.04. The largest absolute Gasteiger partial charge is 0.481 e. The molecule has 0 aliphatic rings. The number of hydrogen-bond donors (Lipinski definition) is 2. The van der Waals surface area contributed by atoms with Crippen molar-refractivity contribution in [2.75, 3.05) is 6.61 Å². The van der Waals surface area contributed by atoms with Crippen LogP contribution >= 0.6 is 0 Å². The SMILES string of the molecule is C#CCOc1cccc(-c2n[nH]nc2C(N)=O)c1. The Kier molecular flexibility index (Phi) is 3.25. The highest BCUT2D eigenvalue weighted by molar-refractivity contribution is 5.96. The Morgan fingerprint density at radius 1 is 1.50 bits per heavy atom. The van der Waals surface area contributed by atoms with E-state index in [1.165, 1.54) is 0 Å². The number of primary amides is 1. The van der Waals surface area contributed by atoms with E-state index in [-0.39, 0.29) is 12.3 Å². The molecule has 3 N–H and O–H groups in total. The van der Waals surface area contributed by atoms with E-state index in [1.54, 1.807) is 24.3 Å². The number of ether oxygens (including phenoxy) is 1. The monoisotopic (exact) mass is 242 g/mol. The van der Waals surface area contributed by atoms with Gasteiger partial charge in [0.25, 0.3) is 5.91 Å². The summed E-state index contributed by atoms with van der Waals surface area (Å²) in [5.74, 6) is 2.31. The van der Waals surface area contributed by atoms with Gasteiger partial charge in [0.05, 0.1) is 0 Å². The van der Waals surface area contributed by atoms with Gasteiger partial charge in [-0.15, -0.1) is 6.42 Å². The summed E-state index contributed by atoms with van der Waals surface area (Å²) in [6.45, 7) is 0.172. The van der Waals surface area contributed by atoms with Crippen LogP contribution in [0.1, 0.15) is 10.5 Å². The fraction of sp³-hybridized carbons (Fsp3) is 0.0833. The van der Waals surface area contributed by atoms with E-state index in [0.717, 1.165) is 0 Å². The molecule has 6 nitrogen and oxygen atoms in total. The number of hydrogen-bond acceptors (Lipinski definition) is 4. The molecule has 0 aliphatic heterocycles. The highest BCUT2D eigenvalue weighted by Crippen LogP contribution is 2.23. The van der Waals surface area contributed by atoms with Crippen LogP contribution in [-0.2, 0) is 0 Å². The molecule has 0 saturated heterocycles. The van der Waals surface area contributed by atoms with Crippen LogP contribution in [-0.4, -0.2) is 27.9 Å². The number of rotatable bonds is 4. The molecule has 0 spiro atoms. The lowest BCUT2D eigenvalue weighted by molar-refractivity contribution is 0.0996. The van der Waals surface area contributed by atoms with E-state index in [1.807, 2.05) is 0 Å². The first kappa shape index (κ1) is 11.7. The summed E-state index contributed by atoms with van der Waals surface area (Å²) in [4.78, 5) is 11.2. The summed E-state index contributed by atoms with van der Waals surface area (Å²) in [6.07, 6.45) is 5.11. The summed E-state index contributed by atoms with van der Waals surface area (Å²) in [6, 6.07) is 7.00. The van der Waals surface area contributed by atoms with Crippen LogP contribution in [0.4, 0.5) is 0 Å². The standard InChI is InChI=1S/C12H10N4O2/c1-2-6-18-9-5-3-4-8(7-9)10-11(12(13)17)15-16-14-10/h1,3-5,7H,6H2,(H2,13,17)(H,14,15,16). The maximum absolute atomic E-state index is 11.2. The summed E-state index contributed by atoms with van der Waals surface area (Å²) in [5.41, 5.74) is 6.34. The second-order valence-electron chi connectivity index (χ2n) is 3.41. The van der Waals surface area contributed by atoms with Crippen molar-refractivity contribution in [3.05, 3.63) is 30.0 Å². The first-order valence-electron chi connectivity index (χ1n) is 5.09. The molecule has 18 heavy (non-hydrogen) atoms. The number of carbonyl (C=O) groups is 1. The summed E-state index contributed by atoms with van der Waals surface area (Å²) in [7, 11) is 0. The van der Waals surface area contributed by atoms with Crippen LogP contribution in [0.15, 0.2) is 24.3 Å². The average molecular weight is 242 g/mol. The van der Waals surface area contributed by atoms with Crippen LogP contribution in [0.25, 0.3) is 11.3 Å². The molecule has 1 aromatic heterocycles. The van der Waals surface area contributed by atoms with Crippen LogP contribution < -0.4 is 10.5 Å². The molecule has 0 bridgehead atoms. The number of nitrogens with one attached hydrogen (secondary N) is 1. The lowest BCUT2D eigenvalue weighted by atomic mass is 10.1. The molecule has 1 heterocycles. The van der Waals surface area contributed by atoms with Gasteiger partial charge in [0.1, 0.15) is 18.1 Å². The van der Waals surface area contributed by atoms with E-state index in [2.05, 4.69) is 21.3 Å². The van der Waals surface area contributed by atoms with Gasteiger partial charge in [-0.3, -0.25) is 4.79 Å². The van der Waals surface area contributed by atoms with Crippen LogP contribution in [0, 0.1) is 12.3 Å². The molecule has 0 aliphatic carbocycles. The van der Waals surface area contributed by atoms with Gasteiger partial charge in [0.15, 0.2) is 5.69 Å². The zero-order valence-corrected chi connectivity index (χ0v) is 9.38. The molecule has 0 atom stereocenters. The predicted octanol–water partition coefficient (Wildman–Crippen LogP) is 0.583. The van der Waals surface area contributed by atoms with Gasteiger partial charge in [-0.25, -0.2) is 0 Å². The highest BCUT2D eigenvalue weighted by atomic mass is 16.5. The number of amides is 1. The topological polar surface area (TPSA) is 93.9 Å². The Morgan fingerprint density at radius 3 is 3.06 bits per heavy atom. The Labute approximate surface area is 103 Å². The average Bonchev–Trinajstić information content (AvgIpc) is 2.86. The predicted molar refractivity (Wildman–Crippen MR) is 64.7 cm³/mol. The molecule has 0 saturated carbocycles. The van der Waals surface area contributed by atoms with Crippen molar-refractivity contribution in [2.45, 2.75) is 0 Å². The van der Waals surface area contributed by atoms with Crippen molar-refractivity contribution >= 4 is 5.91 Å². The third-order valence-electron chi connectivity index (χ3n) is 2.21. The Bertz CT molecular complexity index is 613. The lowest BCUT2D eigenvalue weighted by Crippen LogP contribution is -2.12. The van der Waals surface area contributed by atoms with E-state index in [4.69, 9.17) is 16.9 Å². The maximum atomic E-state index is 11.2. The Balaban J connectivity index is 2.36. The molecule has 2 aromatic rings. The molecule has 0 radical (unpaired) electrons. The normalized spacial score (nSPS) is 9.72. The van der Waals surface area contributed by atoms with E-state index in [0.29, 0.717) is 17.0 Å². The van der Waals surface area contributed by atoms with Gasteiger partial charge in [0, 0.05) is 5.56 Å². The minimum Gasteiger partial charge on any atom is -0.481 e. The number of benzene rings is 1. The molecule has 1 aromatic carbocycles. The summed E-state index contributed by atoms with van der Waals surface area (Å²) >= 11 is 0. The molecule has 0 fully saturated rings. The number of terminal acetylenes is 1. The van der Waals surface area contributed by atoms with Crippen LogP contribution in [0.5, 0.6) is 5.75 Å². The first-order valence-corrected chi connectivity index (χ1v) is 5.09. The second kappa shape index (κ2) is 5.01. The molecule has 0 unspecified atom stereocenters. The number of carbonyl (C=O) groups excluding carboxylic acids is 1. The molecule has 1 amide bonds. The van der Waals surface area contributed by atoms with Crippen LogP contribution in [0.2, 0.25) is 0 Å². The second-order valence-corrected chi connectivity index (χ2v) is 3.41. The third kappa shape index (κ3) is 2.30. The van der Waals surface area contributed by atoms with Gasteiger partial charge in [0.2, 0.25) is 0 Å². The molecule has 2 rings (SSSR count). The van der Waals surface area contributed by atoms with Gasteiger partial charge in [-0.05, 0) is 12.1 Å². The van der Waals surface area contributed by atoms with Crippen molar-refractivity contribution in [1.29, 1.82) is 0 Å². The zero-order chi connectivity index (χ0) is 13.0. The number of nitrogens with two attached hydrogens (primary N) is 1. The smallest absolute Gasteiger partial charge is 0.271 e. The molecular weight excluding hydrogens is 232 g/mol. The third-order valence-corrected chi connectivity index (χ3v) is 2.21. The molecule has 6 heteroatoms. The minimum atomic E-state index is -0.645. The Hall–Kier alpha value is -2.81. The molecule has 90 valence electrons. The van der Waals surface area contributed by atoms with Gasteiger partial charge in [-0.2, -0.15) is 15.4 Å². The Morgan fingerprint density at radius 2 is 2.33 bits per heavy atom. The van der Waals surface area contributed by atoms with Crippen molar-refractivity contribution in [1.82, 2.24) is 15.4 Å². The minimum absolute atomic E-state index is 0.0871. The van der Waals surface area contributed by atoms with Crippen LogP contribution in [0.3, 0.4) is 0 Å². The first-order chi connectivity index (χ1) is 8.72. The van der Waals surface area contributed by atoms with E-state index in [9.17, 15) is 4.79 Å². The fourth-order valence-electron chi connectivity index (χ4n) is 1.46. The van der Waals surface area contributed by atoms with Crippen molar-refractivity contribution in [2.24, 2.45) is 5.73 Å². The van der Waals surface area contributed by atoms with Crippen molar-refractivity contribution in [3.63, 3.8) is 0 Å². The van der Waals surface area contributed by atoms with E-state index >= 15 is 0 Å². The highest BCUT2D eigenvalue weighted by Gasteiger charge is 2.15. The quantitative estimate of drug-likeness (QED) is 0.767. The van der Waals surface area contributed by atoms with Gasteiger partial charge < -0.3 is 10.5 Å². The van der Waals surface area contributed by atoms with Gasteiger partial charge >= 0.3 is 0 Å². The summed E-state index contributed by atoms with van der Waals surface area (Å²) in [5, 5.41) is 9.96. The van der Waals surface area contributed by atoms with Crippen molar-refractivity contribution in [3.8, 4) is 29.4 Å². The number of nitrogens with zero attached hydrogens (tertiary/aromatic N) is 2. The number of aromatic amines is 1. The number of H-pyrrole nitrogens is 1. The van der Waals surface area contributed by atoms with E-state index < -0.39 is 5.91 Å². The van der Waals surface area contributed by atoms with Gasteiger partial charge in [-0.1, -0.05) is 18.1 Å². The zero-order valence-electron chi connectivity index (χ0n) is 9.38. The van der Waals surface area contributed by atoms with Crippen molar-refractivity contribution < 1.29 is 9.53 Å². The molecular formula is C12H10N4O2. The fourth-order valence-corrected chi connectivity index (χ4v) is 1.46. The number of aromatic nitrogens is 3. The summed E-state index contributed by atoms with van der Waals surface area (Å²) < 4.78 is 5.28.